The van der Waals surface area contributed by atoms with Crippen molar-refractivity contribution in [3.63, 3.8) is 0 Å². The van der Waals surface area contributed by atoms with Crippen molar-refractivity contribution in [2.45, 2.75) is 26.1 Å². The highest BCUT2D eigenvalue weighted by atomic mass is 32.2. The number of morpholine rings is 1. The molecule has 10 heteroatoms. The maximum absolute atomic E-state index is 12.3. The molecule has 0 saturated carbocycles. The van der Waals surface area contributed by atoms with Gasteiger partial charge in [-0.05, 0) is 13.8 Å². The number of nitrogens with one attached hydrogen (secondary N) is 1. The quantitative estimate of drug-likeness (QED) is 0.718. The zero-order valence-corrected chi connectivity index (χ0v) is 13.9. The van der Waals surface area contributed by atoms with Gasteiger partial charge in [-0.15, -0.1) is 0 Å². The van der Waals surface area contributed by atoms with Crippen LogP contribution in [0.25, 0.3) is 0 Å². The Morgan fingerprint density at radius 1 is 1.35 bits per heavy atom. The molecule has 3 N–H and O–H groups in total. The number of sulfonamides is 1. The second-order valence-corrected chi connectivity index (χ2v) is 7.52. The van der Waals surface area contributed by atoms with Crippen LogP contribution in [-0.2, 0) is 14.8 Å². The lowest BCUT2D eigenvalue weighted by Crippen LogP contribution is -2.49. The summed E-state index contributed by atoms with van der Waals surface area (Å²) in [5.41, 5.74) is 5.54. The number of rotatable bonds is 5. The number of hydrogen-bond donors (Lipinski definition) is 2. The highest BCUT2D eigenvalue weighted by molar-refractivity contribution is 7.89. The van der Waals surface area contributed by atoms with Crippen LogP contribution in [0.3, 0.4) is 0 Å². The van der Waals surface area contributed by atoms with E-state index in [1.165, 1.54) is 16.7 Å². The Hall–Kier alpha value is -1.78. The number of anilines is 1. The van der Waals surface area contributed by atoms with Crippen molar-refractivity contribution >= 4 is 21.7 Å². The Labute approximate surface area is 135 Å². The molecule has 23 heavy (non-hydrogen) atoms. The van der Waals surface area contributed by atoms with Gasteiger partial charge in [-0.1, -0.05) is 0 Å². The van der Waals surface area contributed by atoms with E-state index in [0.717, 1.165) is 0 Å². The Kier molecular flexibility index (Phi) is 5.50. The Morgan fingerprint density at radius 2 is 1.96 bits per heavy atom. The molecule has 1 aromatic heterocycles. The van der Waals surface area contributed by atoms with Crippen LogP contribution in [0.1, 0.15) is 24.3 Å². The van der Waals surface area contributed by atoms with E-state index in [9.17, 15) is 13.2 Å². The summed E-state index contributed by atoms with van der Waals surface area (Å²) in [6.07, 6.45) is 2.42. The van der Waals surface area contributed by atoms with E-state index >= 15 is 0 Å². The molecule has 0 radical (unpaired) electrons. The zero-order valence-electron chi connectivity index (χ0n) is 13.1. The van der Waals surface area contributed by atoms with Crippen LogP contribution in [0.5, 0.6) is 0 Å². The highest BCUT2D eigenvalue weighted by Crippen LogP contribution is 2.14. The summed E-state index contributed by atoms with van der Waals surface area (Å²) in [5.74, 6) is -0.739. The van der Waals surface area contributed by atoms with Crippen molar-refractivity contribution < 1.29 is 17.9 Å². The van der Waals surface area contributed by atoms with Crippen LogP contribution >= 0.6 is 0 Å². The number of nitrogens with two attached hydrogens (primary N) is 1. The number of nitrogen functional groups attached to an aromatic ring is 1. The third kappa shape index (κ3) is 4.60. The van der Waals surface area contributed by atoms with E-state index in [-0.39, 0.29) is 36.0 Å². The van der Waals surface area contributed by atoms with Gasteiger partial charge in [0.05, 0.1) is 18.0 Å². The fourth-order valence-electron chi connectivity index (χ4n) is 2.39. The molecule has 9 nitrogen and oxygen atoms in total. The average molecular weight is 343 g/mol. The van der Waals surface area contributed by atoms with Gasteiger partial charge in [0.25, 0.3) is 5.91 Å². The molecule has 2 rings (SSSR count). The molecule has 1 saturated heterocycles. The summed E-state index contributed by atoms with van der Waals surface area (Å²) in [6, 6.07) is 0. The van der Waals surface area contributed by atoms with E-state index in [0.29, 0.717) is 13.1 Å². The summed E-state index contributed by atoms with van der Waals surface area (Å²) in [4.78, 5) is 19.5. The van der Waals surface area contributed by atoms with Crippen LogP contribution in [0, 0.1) is 0 Å². The van der Waals surface area contributed by atoms with Crippen molar-refractivity contribution in [2.24, 2.45) is 0 Å². The van der Waals surface area contributed by atoms with E-state index in [4.69, 9.17) is 10.5 Å². The SMILES string of the molecule is C[C@H]1CN(S(=O)(=O)CCNC(=O)c2nccnc2N)C[C@H](C)O1. The average Bonchev–Trinajstić information content (AvgIpc) is 2.46. The van der Waals surface area contributed by atoms with Gasteiger partial charge in [-0.2, -0.15) is 4.31 Å². The first-order chi connectivity index (χ1) is 10.8. The third-order valence-electron chi connectivity index (χ3n) is 3.37. The Bertz CT molecular complexity index is 656. The molecular weight excluding hydrogens is 322 g/mol. The molecule has 1 aliphatic heterocycles. The minimum absolute atomic E-state index is 0.00341. The topological polar surface area (TPSA) is 128 Å². The first kappa shape index (κ1) is 17.6. The molecule has 0 aromatic carbocycles. The van der Waals surface area contributed by atoms with Gasteiger partial charge >= 0.3 is 0 Å². The van der Waals surface area contributed by atoms with Crippen LogP contribution in [0.4, 0.5) is 5.82 Å². The summed E-state index contributed by atoms with van der Waals surface area (Å²) in [7, 11) is -3.47. The number of hydrogen-bond acceptors (Lipinski definition) is 7. The predicted octanol–water partition coefficient (Wildman–Crippen LogP) is -0.772. The van der Waals surface area contributed by atoms with Gasteiger partial charge in [-0.3, -0.25) is 4.79 Å². The van der Waals surface area contributed by atoms with Gasteiger partial charge in [0.15, 0.2) is 11.5 Å². The molecule has 1 aliphatic rings. The standard InChI is InChI=1S/C13H21N5O4S/c1-9-7-18(8-10(2)22-9)23(20,21)6-5-17-13(19)11-12(14)16-4-3-15-11/h3-4,9-10H,5-8H2,1-2H3,(H2,14,16)(H,17,19)/t9-,10-/m0/s1. The largest absolute Gasteiger partial charge is 0.382 e. The van der Waals surface area contributed by atoms with Crippen molar-refractivity contribution in [3.8, 4) is 0 Å². The number of nitrogens with zero attached hydrogens (tertiary/aromatic N) is 3. The lowest BCUT2D eigenvalue weighted by Gasteiger charge is -2.34. The van der Waals surface area contributed by atoms with Crippen molar-refractivity contribution in [2.75, 3.05) is 31.1 Å². The number of aromatic nitrogens is 2. The fraction of sp³-hybridized carbons (Fsp3) is 0.615. The predicted molar refractivity (Wildman–Crippen MR) is 84.1 cm³/mol. The van der Waals surface area contributed by atoms with Crippen molar-refractivity contribution in [3.05, 3.63) is 18.1 Å². The monoisotopic (exact) mass is 343 g/mol. The lowest BCUT2D eigenvalue weighted by molar-refractivity contribution is -0.0440. The minimum atomic E-state index is -3.47. The molecule has 2 heterocycles. The maximum Gasteiger partial charge on any atom is 0.273 e. The Balaban J connectivity index is 1.90. The lowest BCUT2D eigenvalue weighted by atomic mass is 10.3. The summed E-state index contributed by atoms with van der Waals surface area (Å²) in [5, 5.41) is 2.50. The third-order valence-corrected chi connectivity index (χ3v) is 5.17. The molecule has 1 amide bonds. The molecule has 0 aliphatic carbocycles. The highest BCUT2D eigenvalue weighted by Gasteiger charge is 2.30. The van der Waals surface area contributed by atoms with E-state index < -0.39 is 15.9 Å². The molecular formula is C13H21N5O4S. The van der Waals surface area contributed by atoms with E-state index in [2.05, 4.69) is 15.3 Å². The molecule has 2 atom stereocenters. The normalized spacial score (nSPS) is 22.7. The Morgan fingerprint density at radius 3 is 2.57 bits per heavy atom. The van der Waals surface area contributed by atoms with Gasteiger partial charge in [-0.25, -0.2) is 18.4 Å². The number of carbonyl (C=O) groups is 1. The summed E-state index contributed by atoms with van der Waals surface area (Å²) >= 11 is 0. The van der Waals surface area contributed by atoms with Gasteiger partial charge in [0, 0.05) is 32.0 Å². The summed E-state index contributed by atoms with van der Waals surface area (Å²) in [6.45, 7) is 4.26. The molecule has 1 aromatic rings. The number of carbonyl (C=O) groups excluding carboxylic acids is 1. The van der Waals surface area contributed by atoms with Gasteiger partial charge in [0.1, 0.15) is 0 Å². The van der Waals surface area contributed by atoms with E-state index in [1.807, 2.05) is 13.8 Å². The second-order valence-electron chi connectivity index (χ2n) is 5.44. The minimum Gasteiger partial charge on any atom is -0.382 e. The molecule has 1 fully saturated rings. The van der Waals surface area contributed by atoms with Crippen molar-refractivity contribution in [1.82, 2.24) is 19.6 Å². The molecule has 0 unspecified atom stereocenters. The molecule has 0 bridgehead atoms. The molecule has 0 spiro atoms. The van der Waals surface area contributed by atoms with E-state index in [1.54, 1.807) is 0 Å². The maximum atomic E-state index is 12.3. The van der Waals surface area contributed by atoms with Gasteiger partial charge in [0.2, 0.25) is 10.0 Å². The summed E-state index contributed by atoms with van der Waals surface area (Å²) < 4.78 is 31.6. The van der Waals surface area contributed by atoms with Crippen LogP contribution in [0.15, 0.2) is 12.4 Å². The zero-order chi connectivity index (χ0) is 17.0. The fourth-order valence-corrected chi connectivity index (χ4v) is 3.88. The first-order valence-electron chi connectivity index (χ1n) is 7.27. The van der Waals surface area contributed by atoms with Crippen LogP contribution < -0.4 is 11.1 Å². The molecule has 128 valence electrons. The number of amides is 1. The van der Waals surface area contributed by atoms with Gasteiger partial charge < -0.3 is 15.8 Å². The number of ether oxygens (including phenoxy) is 1. The smallest absolute Gasteiger partial charge is 0.273 e. The second kappa shape index (κ2) is 7.20. The van der Waals surface area contributed by atoms with Crippen LogP contribution in [0.2, 0.25) is 0 Å². The first-order valence-corrected chi connectivity index (χ1v) is 8.88. The van der Waals surface area contributed by atoms with Crippen molar-refractivity contribution in [1.29, 1.82) is 0 Å². The van der Waals surface area contributed by atoms with Crippen LogP contribution in [-0.4, -0.2) is 66.2 Å².